The van der Waals surface area contributed by atoms with E-state index in [2.05, 4.69) is 10.2 Å². The number of halogens is 1. The van der Waals surface area contributed by atoms with Crippen molar-refractivity contribution in [1.29, 1.82) is 0 Å². The fourth-order valence-corrected chi connectivity index (χ4v) is 4.25. The average molecular weight is 422 g/mol. The molecule has 1 amide bonds. The molecule has 0 fully saturated rings. The van der Waals surface area contributed by atoms with E-state index >= 15 is 0 Å². The number of carbonyl (C=O) groups is 1. The Hall–Kier alpha value is -1.83. The SMILES string of the molecule is CCCN(Cc1nnc(-c2cccs2)o1)C(=O)CSCc1cccc(Cl)c1. The number of hydrogen-bond donors (Lipinski definition) is 0. The highest BCUT2D eigenvalue weighted by atomic mass is 35.5. The van der Waals surface area contributed by atoms with Gasteiger partial charge in [0, 0.05) is 17.3 Å². The van der Waals surface area contributed by atoms with Crippen LogP contribution in [0.25, 0.3) is 10.8 Å². The highest BCUT2D eigenvalue weighted by Gasteiger charge is 2.17. The summed E-state index contributed by atoms with van der Waals surface area (Å²) in [6.07, 6.45) is 0.872. The lowest BCUT2D eigenvalue weighted by atomic mass is 10.2. The lowest BCUT2D eigenvalue weighted by Crippen LogP contribution is -2.32. The van der Waals surface area contributed by atoms with Gasteiger partial charge in [-0.15, -0.1) is 33.3 Å². The van der Waals surface area contributed by atoms with Crippen LogP contribution in [0, 0.1) is 0 Å². The molecule has 0 atom stereocenters. The highest BCUT2D eigenvalue weighted by molar-refractivity contribution is 7.99. The Balaban J connectivity index is 1.55. The maximum atomic E-state index is 12.6. The van der Waals surface area contributed by atoms with Crippen molar-refractivity contribution in [1.82, 2.24) is 15.1 Å². The largest absolute Gasteiger partial charge is 0.418 e. The van der Waals surface area contributed by atoms with Crippen LogP contribution in [0.5, 0.6) is 0 Å². The molecule has 0 N–H and O–H groups in total. The number of thioether (sulfide) groups is 1. The van der Waals surface area contributed by atoms with Gasteiger partial charge in [-0.05, 0) is 35.6 Å². The number of carbonyl (C=O) groups excluding carboxylic acids is 1. The Morgan fingerprint density at radius 1 is 1.30 bits per heavy atom. The van der Waals surface area contributed by atoms with Crippen molar-refractivity contribution in [3.05, 3.63) is 58.3 Å². The van der Waals surface area contributed by atoms with Gasteiger partial charge in [-0.25, -0.2) is 0 Å². The summed E-state index contributed by atoms with van der Waals surface area (Å²) in [6, 6.07) is 11.6. The smallest absolute Gasteiger partial charge is 0.257 e. The number of nitrogens with zero attached hydrogens (tertiary/aromatic N) is 3. The molecule has 0 aliphatic rings. The normalized spacial score (nSPS) is 10.9. The summed E-state index contributed by atoms with van der Waals surface area (Å²) in [5.41, 5.74) is 1.11. The third-order valence-corrected chi connectivity index (χ3v) is 5.84. The molecule has 1 aromatic carbocycles. The molecule has 5 nitrogen and oxygen atoms in total. The van der Waals surface area contributed by atoms with Crippen molar-refractivity contribution >= 4 is 40.6 Å². The van der Waals surface area contributed by atoms with E-state index in [4.69, 9.17) is 16.0 Å². The summed E-state index contributed by atoms with van der Waals surface area (Å²) in [4.78, 5) is 15.3. The van der Waals surface area contributed by atoms with Crippen molar-refractivity contribution in [2.24, 2.45) is 0 Å². The lowest BCUT2D eigenvalue weighted by molar-refractivity contribution is -0.129. The summed E-state index contributed by atoms with van der Waals surface area (Å²) < 4.78 is 5.71. The summed E-state index contributed by atoms with van der Waals surface area (Å²) in [5.74, 6) is 2.17. The first-order valence-electron chi connectivity index (χ1n) is 8.62. The predicted octanol–water partition coefficient (Wildman–Crippen LogP) is 5.12. The zero-order valence-electron chi connectivity index (χ0n) is 14.9. The zero-order valence-corrected chi connectivity index (χ0v) is 17.3. The Bertz CT molecular complexity index is 867. The molecule has 27 heavy (non-hydrogen) atoms. The maximum absolute atomic E-state index is 12.6. The number of benzene rings is 1. The van der Waals surface area contributed by atoms with Crippen LogP contribution in [0.2, 0.25) is 5.02 Å². The summed E-state index contributed by atoms with van der Waals surface area (Å²) in [5, 5.41) is 10.8. The van der Waals surface area contributed by atoms with Gasteiger partial charge in [0.2, 0.25) is 11.8 Å². The van der Waals surface area contributed by atoms with Crippen molar-refractivity contribution in [3.63, 3.8) is 0 Å². The third-order valence-electron chi connectivity index (χ3n) is 3.75. The number of amides is 1. The van der Waals surface area contributed by atoms with Crippen LogP contribution in [0.3, 0.4) is 0 Å². The second kappa shape index (κ2) is 9.92. The molecule has 0 radical (unpaired) electrons. The van der Waals surface area contributed by atoms with Gasteiger partial charge in [0.1, 0.15) is 0 Å². The lowest BCUT2D eigenvalue weighted by Gasteiger charge is -2.20. The molecule has 0 aliphatic carbocycles. The van der Waals surface area contributed by atoms with Gasteiger partial charge in [-0.2, -0.15) is 0 Å². The van der Waals surface area contributed by atoms with E-state index in [0.29, 0.717) is 35.6 Å². The fourth-order valence-electron chi connectivity index (χ4n) is 2.52. The molecule has 0 bridgehead atoms. The van der Waals surface area contributed by atoms with Crippen LogP contribution in [-0.4, -0.2) is 33.3 Å². The molecule has 0 unspecified atom stereocenters. The first-order chi connectivity index (χ1) is 13.2. The molecule has 0 saturated heterocycles. The van der Waals surface area contributed by atoms with Gasteiger partial charge in [0.05, 0.1) is 17.2 Å². The maximum Gasteiger partial charge on any atom is 0.257 e. The molecule has 0 aliphatic heterocycles. The van der Waals surface area contributed by atoms with Crippen LogP contribution in [0.15, 0.2) is 46.2 Å². The number of hydrogen-bond acceptors (Lipinski definition) is 6. The van der Waals surface area contributed by atoms with Crippen LogP contribution in [0.1, 0.15) is 24.8 Å². The second-order valence-electron chi connectivity index (χ2n) is 5.92. The molecule has 8 heteroatoms. The van der Waals surface area contributed by atoms with E-state index in [0.717, 1.165) is 22.6 Å². The first-order valence-corrected chi connectivity index (χ1v) is 11.0. The molecule has 0 spiro atoms. The van der Waals surface area contributed by atoms with Gasteiger partial charge >= 0.3 is 0 Å². The van der Waals surface area contributed by atoms with Crippen LogP contribution < -0.4 is 0 Å². The molecule has 142 valence electrons. The van der Waals surface area contributed by atoms with Crippen LogP contribution in [-0.2, 0) is 17.1 Å². The number of rotatable bonds is 9. The van der Waals surface area contributed by atoms with Crippen LogP contribution >= 0.6 is 34.7 Å². The van der Waals surface area contributed by atoms with E-state index in [1.165, 1.54) is 0 Å². The van der Waals surface area contributed by atoms with Gasteiger partial charge in [-0.3, -0.25) is 4.79 Å². The minimum Gasteiger partial charge on any atom is -0.418 e. The van der Waals surface area contributed by atoms with Crippen molar-refractivity contribution in [2.45, 2.75) is 25.6 Å². The Morgan fingerprint density at radius 2 is 2.19 bits per heavy atom. The topological polar surface area (TPSA) is 59.2 Å². The van der Waals surface area contributed by atoms with Crippen molar-refractivity contribution < 1.29 is 9.21 Å². The molecule has 3 rings (SSSR count). The first kappa shape index (κ1) is 19.9. The minimum atomic E-state index is 0.0692. The summed E-state index contributed by atoms with van der Waals surface area (Å²) >= 11 is 9.12. The molecular weight excluding hydrogens is 402 g/mol. The third kappa shape index (κ3) is 5.82. The zero-order chi connectivity index (χ0) is 19.1. The Kier molecular flexibility index (Phi) is 7.32. The van der Waals surface area contributed by atoms with Crippen molar-refractivity contribution in [3.8, 4) is 10.8 Å². The highest BCUT2D eigenvalue weighted by Crippen LogP contribution is 2.23. The van der Waals surface area contributed by atoms with Gasteiger partial charge in [-0.1, -0.05) is 36.7 Å². The van der Waals surface area contributed by atoms with E-state index < -0.39 is 0 Å². The number of thiophene rings is 1. The molecule has 2 heterocycles. The Morgan fingerprint density at radius 3 is 2.93 bits per heavy atom. The fraction of sp³-hybridized carbons (Fsp3) is 0.316. The molecular formula is C19H20ClN3O2S2. The predicted molar refractivity (Wildman–Crippen MR) is 111 cm³/mol. The van der Waals surface area contributed by atoms with Gasteiger partial charge in [0.25, 0.3) is 5.89 Å². The molecule has 3 aromatic rings. The molecule has 2 aromatic heterocycles. The number of aromatic nitrogens is 2. The van der Waals surface area contributed by atoms with E-state index in [-0.39, 0.29) is 5.91 Å². The van der Waals surface area contributed by atoms with Crippen LogP contribution in [0.4, 0.5) is 0 Å². The van der Waals surface area contributed by atoms with E-state index in [1.54, 1.807) is 28.0 Å². The van der Waals surface area contributed by atoms with E-state index in [1.807, 2.05) is 48.7 Å². The standard InChI is InChI=1S/C19H20ClN3O2S2/c1-2-8-23(11-17-21-22-19(25-17)16-7-4-9-27-16)18(24)13-26-12-14-5-3-6-15(20)10-14/h3-7,9-10H,2,8,11-13H2,1H3. The quantitative estimate of drug-likeness (QED) is 0.479. The summed E-state index contributed by atoms with van der Waals surface area (Å²) in [7, 11) is 0. The van der Waals surface area contributed by atoms with Gasteiger partial charge < -0.3 is 9.32 Å². The minimum absolute atomic E-state index is 0.0692. The average Bonchev–Trinajstić information content (AvgIpc) is 3.33. The van der Waals surface area contributed by atoms with E-state index in [9.17, 15) is 4.79 Å². The van der Waals surface area contributed by atoms with Gasteiger partial charge in [0.15, 0.2) is 0 Å². The monoisotopic (exact) mass is 421 g/mol. The van der Waals surface area contributed by atoms with Crippen molar-refractivity contribution in [2.75, 3.05) is 12.3 Å². The summed E-state index contributed by atoms with van der Waals surface area (Å²) in [6.45, 7) is 3.04. The second-order valence-corrected chi connectivity index (χ2v) is 8.29. The molecule has 0 saturated carbocycles. The Labute approximate surface area is 171 Å².